The van der Waals surface area contributed by atoms with E-state index in [0.29, 0.717) is 0 Å². The predicted molar refractivity (Wildman–Crippen MR) is 25.9 cm³/mol. The van der Waals surface area contributed by atoms with Crippen molar-refractivity contribution in [2.45, 2.75) is 19.3 Å². The van der Waals surface area contributed by atoms with Gasteiger partial charge in [0.05, 0.1) is 0 Å². The third kappa shape index (κ3) is 0.289. The van der Waals surface area contributed by atoms with Gasteiger partial charge in [0.15, 0.2) is 0 Å². The summed E-state index contributed by atoms with van der Waals surface area (Å²) in [5.41, 5.74) is 0. The Labute approximate surface area is 38.3 Å². The molecule has 2 unspecified atom stereocenters. The van der Waals surface area contributed by atoms with Crippen molar-refractivity contribution in [3.8, 4) is 0 Å². The maximum atomic E-state index is 1.58. The zero-order valence-corrected chi connectivity index (χ0v) is 3.98. The molecule has 0 aromatic rings. The van der Waals surface area contributed by atoms with Gasteiger partial charge in [-0.2, -0.15) is 0 Å². The minimum absolute atomic E-state index is 0. The molecule has 0 radical (unpaired) electrons. The molecule has 2 atom stereocenters. The van der Waals surface area contributed by atoms with Crippen LogP contribution >= 0.6 is 0 Å². The molecule has 2 fully saturated rings. The standard InChI is InChI=1S/C5H8.H3N/c1-2-5-3-4(1)5;/h4-5H,1-3H2;1H3. The van der Waals surface area contributed by atoms with Crippen molar-refractivity contribution >= 4 is 0 Å². The molecule has 2 saturated carbocycles. The second-order valence-corrected chi connectivity index (χ2v) is 2.33. The van der Waals surface area contributed by atoms with Gasteiger partial charge in [0.2, 0.25) is 0 Å². The van der Waals surface area contributed by atoms with E-state index in [1.54, 1.807) is 19.3 Å². The number of hydrogen-bond acceptors (Lipinski definition) is 1. The van der Waals surface area contributed by atoms with Gasteiger partial charge in [-0.3, -0.25) is 0 Å². The first-order valence-electron chi connectivity index (χ1n) is 2.47. The Kier molecular flexibility index (Phi) is 0.667. The normalized spacial score (nSPS) is 48.0. The Hall–Kier alpha value is -0.0400. The highest BCUT2D eigenvalue weighted by atomic mass is 14.5. The van der Waals surface area contributed by atoms with Crippen molar-refractivity contribution < 1.29 is 0 Å². The van der Waals surface area contributed by atoms with E-state index in [4.69, 9.17) is 0 Å². The molecule has 6 heavy (non-hydrogen) atoms. The molecule has 0 spiro atoms. The molecule has 36 valence electrons. The summed E-state index contributed by atoms with van der Waals surface area (Å²) < 4.78 is 0. The van der Waals surface area contributed by atoms with Crippen LogP contribution in [0.25, 0.3) is 0 Å². The molecular formula is C5H11N. The first-order valence-corrected chi connectivity index (χ1v) is 2.47. The molecule has 2 aliphatic carbocycles. The van der Waals surface area contributed by atoms with Gasteiger partial charge in [0.1, 0.15) is 0 Å². The van der Waals surface area contributed by atoms with E-state index < -0.39 is 0 Å². The molecule has 1 nitrogen and oxygen atoms in total. The van der Waals surface area contributed by atoms with E-state index in [1.165, 1.54) is 11.8 Å². The SMILES string of the molecule is C1CC2CC12.N. The quantitative estimate of drug-likeness (QED) is 0.476. The minimum atomic E-state index is 0. The van der Waals surface area contributed by atoms with E-state index in [2.05, 4.69) is 0 Å². The van der Waals surface area contributed by atoms with Crippen LogP contribution in [0.2, 0.25) is 0 Å². The lowest BCUT2D eigenvalue weighted by Crippen LogP contribution is -1.93. The third-order valence-corrected chi connectivity index (χ3v) is 1.98. The average Bonchev–Trinajstić information content (AvgIpc) is 1.74. The van der Waals surface area contributed by atoms with Gasteiger partial charge in [-0.25, -0.2) is 0 Å². The summed E-state index contributed by atoms with van der Waals surface area (Å²) in [6, 6.07) is 0. The summed E-state index contributed by atoms with van der Waals surface area (Å²) in [6.45, 7) is 0. The van der Waals surface area contributed by atoms with Crippen LogP contribution in [0.3, 0.4) is 0 Å². The summed E-state index contributed by atoms with van der Waals surface area (Å²) in [5, 5.41) is 0. The molecule has 0 aliphatic heterocycles. The van der Waals surface area contributed by atoms with Crippen LogP contribution in [-0.4, -0.2) is 0 Å². The average molecular weight is 85.2 g/mol. The summed E-state index contributed by atoms with van der Waals surface area (Å²) in [5.74, 6) is 2.46. The lowest BCUT2D eigenvalue weighted by Gasteiger charge is -2.04. The maximum Gasteiger partial charge on any atom is -0.0383 e. The van der Waals surface area contributed by atoms with Gasteiger partial charge < -0.3 is 6.15 Å². The van der Waals surface area contributed by atoms with Crippen molar-refractivity contribution in [2.75, 3.05) is 0 Å². The first kappa shape index (κ1) is 4.13. The maximum absolute atomic E-state index is 1.58. The topological polar surface area (TPSA) is 35.0 Å². The molecule has 0 saturated heterocycles. The molecule has 0 amide bonds. The highest BCUT2D eigenvalue weighted by molar-refractivity contribution is 4.95. The van der Waals surface area contributed by atoms with Gasteiger partial charge in [-0.1, -0.05) is 0 Å². The molecular weight excluding hydrogens is 74.1 g/mol. The molecule has 1 heteroatoms. The van der Waals surface area contributed by atoms with Crippen molar-refractivity contribution in [1.29, 1.82) is 0 Å². The Morgan fingerprint density at radius 2 is 1.50 bits per heavy atom. The van der Waals surface area contributed by atoms with Crippen LogP contribution in [0.5, 0.6) is 0 Å². The Morgan fingerprint density at radius 1 is 1.00 bits per heavy atom. The first-order chi connectivity index (χ1) is 2.47. The number of hydrogen-bond donors (Lipinski definition) is 1. The molecule has 2 aliphatic rings. The summed E-state index contributed by atoms with van der Waals surface area (Å²) in [7, 11) is 0. The van der Waals surface area contributed by atoms with Crippen molar-refractivity contribution in [3.63, 3.8) is 0 Å². The molecule has 0 aromatic carbocycles. The predicted octanol–water partition coefficient (Wildman–Crippen LogP) is 1.58. The summed E-state index contributed by atoms with van der Waals surface area (Å²) in [6.07, 6.45) is 4.70. The molecule has 2 rings (SSSR count). The zero-order valence-electron chi connectivity index (χ0n) is 3.98. The number of rotatable bonds is 0. The van der Waals surface area contributed by atoms with E-state index in [9.17, 15) is 0 Å². The van der Waals surface area contributed by atoms with Gasteiger partial charge >= 0.3 is 0 Å². The molecule has 3 N–H and O–H groups in total. The van der Waals surface area contributed by atoms with Gasteiger partial charge in [-0.05, 0) is 31.1 Å². The fourth-order valence-corrected chi connectivity index (χ4v) is 1.18. The van der Waals surface area contributed by atoms with E-state index in [0.717, 1.165) is 0 Å². The Morgan fingerprint density at radius 3 is 1.50 bits per heavy atom. The van der Waals surface area contributed by atoms with Crippen molar-refractivity contribution in [2.24, 2.45) is 11.8 Å². The number of fused-ring (bicyclic) bond motifs is 1. The van der Waals surface area contributed by atoms with Crippen LogP contribution < -0.4 is 6.15 Å². The lowest BCUT2D eigenvalue weighted by atomic mass is 10.0. The van der Waals surface area contributed by atoms with Crippen LogP contribution in [0.15, 0.2) is 0 Å². The molecule has 0 heterocycles. The highest BCUT2D eigenvalue weighted by Gasteiger charge is 2.44. The van der Waals surface area contributed by atoms with Crippen molar-refractivity contribution in [3.05, 3.63) is 0 Å². The fourth-order valence-electron chi connectivity index (χ4n) is 1.18. The Bertz CT molecular complexity index is 49.0. The fraction of sp³-hybridized carbons (Fsp3) is 1.00. The third-order valence-electron chi connectivity index (χ3n) is 1.98. The van der Waals surface area contributed by atoms with E-state index in [-0.39, 0.29) is 6.15 Å². The van der Waals surface area contributed by atoms with Gasteiger partial charge in [-0.15, -0.1) is 0 Å². The smallest absolute Gasteiger partial charge is 0.0383 e. The van der Waals surface area contributed by atoms with Gasteiger partial charge in [0, 0.05) is 0 Å². The minimum Gasteiger partial charge on any atom is -0.344 e. The Balaban J connectivity index is 0.000000180. The monoisotopic (exact) mass is 85.1 g/mol. The molecule has 0 bridgehead atoms. The van der Waals surface area contributed by atoms with Gasteiger partial charge in [0.25, 0.3) is 0 Å². The highest BCUT2D eigenvalue weighted by Crippen LogP contribution is 2.55. The zero-order chi connectivity index (χ0) is 3.28. The van der Waals surface area contributed by atoms with E-state index in [1.807, 2.05) is 0 Å². The summed E-state index contributed by atoms with van der Waals surface area (Å²) >= 11 is 0. The largest absolute Gasteiger partial charge is 0.344 e. The molecule has 0 aromatic heterocycles. The van der Waals surface area contributed by atoms with Crippen LogP contribution in [0, 0.1) is 11.8 Å². The lowest BCUT2D eigenvalue weighted by molar-refractivity contribution is 0.468. The second-order valence-electron chi connectivity index (χ2n) is 2.33. The second kappa shape index (κ2) is 0.969. The van der Waals surface area contributed by atoms with Crippen LogP contribution in [0.1, 0.15) is 19.3 Å². The van der Waals surface area contributed by atoms with Crippen LogP contribution in [0.4, 0.5) is 0 Å². The van der Waals surface area contributed by atoms with Crippen LogP contribution in [-0.2, 0) is 0 Å². The summed E-state index contributed by atoms with van der Waals surface area (Å²) in [4.78, 5) is 0. The van der Waals surface area contributed by atoms with E-state index >= 15 is 0 Å². The van der Waals surface area contributed by atoms with Crippen molar-refractivity contribution in [1.82, 2.24) is 6.15 Å².